The number of para-hydroxylation sites is 1. The molecule has 4 rings (SSSR count). The number of fused-ring (bicyclic) bond motifs is 1. The maximum absolute atomic E-state index is 12.7. The molecule has 0 saturated carbocycles. The topological polar surface area (TPSA) is 74.8 Å². The summed E-state index contributed by atoms with van der Waals surface area (Å²) in [5, 5.41) is 6.03. The minimum Gasteiger partial charge on any atom is -0.354 e. The first-order valence-corrected chi connectivity index (χ1v) is 9.00. The third-order valence-electron chi connectivity index (χ3n) is 3.90. The van der Waals surface area contributed by atoms with Crippen LogP contribution in [0.5, 0.6) is 0 Å². The van der Waals surface area contributed by atoms with Gasteiger partial charge in [0, 0.05) is 33.7 Å². The lowest BCUT2D eigenvalue weighted by Crippen LogP contribution is -2.14. The fraction of sp³-hybridized carbons (Fsp3) is 0. The van der Waals surface area contributed by atoms with Crippen LogP contribution in [-0.2, 0) is 0 Å². The van der Waals surface area contributed by atoms with Gasteiger partial charge < -0.3 is 4.98 Å². The molecular formula is C19H12ClN3O2S. The Labute approximate surface area is 157 Å². The van der Waals surface area contributed by atoms with Crippen LogP contribution in [0.1, 0.15) is 10.4 Å². The van der Waals surface area contributed by atoms with Crippen LogP contribution in [0.3, 0.4) is 0 Å². The number of aromatic nitrogens is 2. The number of rotatable bonds is 3. The molecule has 1 amide bonds. The number of benzene rings is 2. The van der Waals surface area contributed by atoms with E-state index in [-0.39, 0.29) is 11.3 Å². The van der Waals surface area contributed by atoms with Crippen LogP contribution in [0, 0.1) is 0 Å². The number of carbonyl (C=O) groups is 1. The second-order valence-corrected chi connectivity index (χ2v) is 6.91. The van der Waals surface area contributed by atoms with Gasteiger partial charge in [-0.25, -0.2) is 4.98 Å². The highest BCUT2D eigenvalue weighted by Gasteiger charge is 2.14. The van der Waals surface area contributed by atoms with Crippen molar-refractivity contribution in [2.45, 2.75) is 0 Å². The standard InChI is InChI=1S/C19H12ClN3O2S/c20-12-4-1-3-11(9-12)15-10-16(24)13-5-2-6-14(17(13)22-15)18(25)23-19-21-7-8-26-19/h1-10H,(H,22,24)(H,21,23,25). The van der Waals surface area contributed by atoms with Crippen molar-refractivity contribution in [2.75, 3.05) is 5.32 Å². The van der Waals surface area contributed by atoms with Gasteiger partial charge in [0.15, 0.2) is 10.6 Å². The Morgan fingerprint density at radius 2 is 2.00 bits per heavy atom. The minimum atomic E-state index is -0.329. The molecule has 26 heavy (non-hydrogen) atoms. The van der Waals surface area contributed by atoms with E-state index in [4.69, 9.17) is 11.6 Å². The molecule has 7 heteroatoms. The normalized spacial score (nSPS) is 10.8. The zero-order chi connectivity index (χ0) is 18.1. The fourth-order valence-electron chi connectivity index (χ4n) is 2.72. The lowest BCUT2D eigenvalue weighted by Gasteiger charge is -2.09. The molecule has 0 aliphatic carbocycles. The number of aromatic amines is 1. The van der Waals surface area contributed by atoms with Crippen LogP contribution >= 0.6 is 22.9 Å². The summed E-state index contributed by atoms with van der Waals surface area (Å²) < 4.78 is 0. The number of hydrogen-bond donors (Lipinski definition) is 2. The quantitative estimate of drug-likeness (QED) is 0.546. The summed E-state index contributed by atoms with van der Waals surface area (Å²) in [6, 6.07) is 13.7. The first-order chi connectivity index (χ1) is 12.6. The Balaban J connectivity index is 1.86. The highest BCUT2D eigenvalue weighted by atomic mass is 35.5. The Morgan fingerprint density at radius 1 is 1.15 bits per heavy atom. The average Bonchev–Trinajstić information content (AvgIpc) is 3.14. The van der Waals surface area contributed by atoms with Gasteiger partial charge in [0.1, 0.15) is 0 Å². The van der Waals surface area contributed by atoms with Crippen LogP contribution in [0.2, 0.25) is 5.02 Å². The van der Waals surface area contributed by atoms with E-state index in [2.05, 4.69) is 15.3 Å². The highest BCUT2D eigenvalue weighted by Crippen LogP contribution is 2.24. The van der Waals surface area contributed by atoms with Crippen molar-refractivity contribution in [3.63, 3.8) is 0 Å². The van der Waals surface area contributed by atoms with E-state index in [1.54, 1.807) is 48.0 Å². The van der Waals surface area contributed by atoms with Crippen molar-refractivity contribution in [2.24, 2.45) is 0 Å². The summed E-state index contributed by atoms with van der Waals surface area (Å²) in [5.41, 5.74) is 2.05. The second-order valence-electron chi connectivity index (χ2n) is 5.58. The van der Waals surface area contributed by atoms with Crippen LogP contribution in [0.25, 0.3) is 22.2 Å². The van der Waals surface area contributed by atoms with Gasteiger partial charge >= 0.3 is 0 Å². The minimum absolute atomic E-state index is 0.169. The number of nitrogens with one attached hydrogen (secondary N) is 2. The number of anilines is 1. The zero-order valence-corrected chi connectivity index (χ0v) is 14.9. The monoisotopic (exact) mass is 381 g/mol. The van der Waals surface area contributed by atoms with Crippen molar-refractivity contribution >= 4 is 44.9 Å². The Morgan fingerprint density at radius 3 is 2.77 bits per heavy atom. The lowest BCUT2D eigenvalue weighted by atomic mass is 10.1. The van der Waals surface area contributed by atoms with Gasteiger partial charge in [0.25, 0.3) is 5.91 Å². The summed E-state index contributed by atoms with van der Waals surface area (Å²) in [6.07, 6.45) is 1.61. The van der Waals surface area contributed by atoms with Gasteiger partial charge in [0.05, 0.1) is 11.1 Å². The van der Waals surface area contributed by atoms with Gasteiger partial charge in [-0.05, 0) is 29.8 Å². The number of pyridine rings is 1. The number of amides is 1. The number of thiazole rings is 1. The number of H-pyrrole nitrogens is 1. The SMILES string of the molecule is O=C(Nc1nccs1)c1cccc2c(=O)cc(-c3cccc(Cl)c3)[nH]c12. The summed E-state index contributed by atoms with van der Waals surface area (Å²) >= 11 is 7.38. The Hall–Kier alpha value is -2.96. The molecule has 5 nitrogen and oxygen atoms in total. The van der Waals surface area contributed by atoms with Crippen LogP contribution in [0.15, 0.2) is 64.9 Å². The van der Waals surface area contributed by atoms with Crippen molar-refractivity contribution in [3.8, 4) is 11.3 Å². The lowest BCUT2D eigenvalue weighted by molar-refractivity contribution is 0.102. The molecule has 0 aliphatic heterocycles. The maximum Gasteiger partial charge on any atom is 0.259 e. The van der Waals surface area contributed by atoms with Crippen molar-refractivity contribution in [1.29, 1.82) is 0 Å². The number of halogens is 1. The molecule has 0 unspecified atom stereocenters. The van der Waals surface area contributed by atoms with Gasteiger partial charge in [-0.1, -0.05) is 29.8 Å². The summed E-state index contributed by atoms with van der Waals surface area (Å²) in [6.45, 7) is 0. The van der Waals surface area contributed by atoms with E-state index in [0.717, 1.165) is 5.56 Å². The van der Waals surface area contributed by atoms with Crippen molar-refractivity contribution in [1.82, 2.24) is 9.97 Å². The average molecular weight is 382 g/mol. The largest absolute Gasteiger partial charge is 0.354 e. The molecule has 0 spiro atoms. The Bertz CT molecular complexity index is 1170. The van der Waals surface area contributed by atoms with Gasteiger partial charge in [-0.3, -0.25) is 14.9 Å². The van der Waals surface area contributed by atoms with Gasteiger partial charge in [-0.15, -0.1) is 11.3 Å². The molecular weight excluding hydrogens is 370 g/mol. The molecule has 0 aliphatic rings. The molecule has 0 radical (unpaired) electrons. The predicted octanol–water partition coefficient (Wildman–Crippen LogP) is 4.56. The second kappa shape index (κ2) is 6.74. The zero-order valence-electron chi connectivity index (χ0n) is 13.3. The highest BCUT2D eigenvalue weighted by molar-refractivity contribution is 7.13. The fourth-order valence-corrected chi connectivity index (χ4v) is 3.44. The maximum atomic E-state index is 12.7. The molecule has 0 atom stereocenters. The van der Waals surface area contributed by atoms with Gasteiger partial charge in [0.2, 0.25) is 0 Å². The number of hydrogen-bond acceptors (Lipinski definition) is 4. The van der Waals surface area contributed by atoms with Crippen LogP contribution in [-0.4, -0.2) is 15.9 Å². The molecule has 0 fully saturated rings. The smallest absolute Gasteiger partial charge is 0.259 e. The molecule has 2 N–H and O–H groups in total. The number of nitrogens with zero attached hydrogens (tertiary/aromatic N) is 1. The molecule has 128 valence electrons. The van der Waals surface area contributed by atoms with E-state index in [1.165, 1.54) is 17.4 Å². The van der Waals surface area contributed by atoms with Gasteiger partial charge in [-0.2, -0.15) is 0 Å². The summed E-state index contributed by atoms with van der Waals surface area (Å²) in [5.74, 6) is -0.329. The molecule has 2 aromatic heterocycles. The summed E-state index contributed by atoms with van der Waals surface area (Å²) in [4.78, 5) is 32.5. The third kappa shape index (κ3) is 3.12. The van der Waals surface area contributed by atoms with E-state index < -0.39 is 0 Å². The predicted molar refractivity (Wildman–Crippen MR) is 105 cm³/mol. The summed E-state index contributed by atoms with van der Waals surface area (Å²) in [7, 11) is 0. The van der Waals surface area contributed by atoms with E-state index >= 15 is 0 Å². The molecule has 2 heterocycles. The number of carbonyl (C=O) groups excluding carboxylic acids is 1. The van der Waals surface area contributed by atoms with E-state index in [0.29, 0.717) is 32.3 Å². The van der Waals surface area contributed by atoms with E-state index in [1.807, 2.05) is 6.07 Å². The van der Waals surface area contributed by atoms with Crippen LogP contribution in [0.4, 0.5) is 5.13 Å². The first-order valence-electron chi connectivity index (χ1n) is 7.74. The molecule has 0 bridgehead atoms. The first kappa shape index (κ1) is 16.5. The molecule has 0 saturated heterocycles. The molecule has 4 aromatic rings. The Kier molecular flexibility index (Phi) is 4.28. The van der Waals surface area contributed by atoms with Crippen molar-refractivity contribution < 1.29 is 4.79 Å². The molecule has 2 aromatic carbocycles. The third-order valence-corrected chi connectivity index (χ3v) is 4.82. The van der Waals surface area contributed by atoms with E-state index in [9.17, 15) is 9.59 Å². The van der Waals surface area contributed by atoms with Crippen molar-refractivity contribution in [3.05, 3.63) is 80.9 Å². The van der Waals surface area contributed by atoms with Crippen LogP contribution < -0.4 is 10.7 Å².